The van der Waals surface area contributed by atoms with Crippen molar-refractivity contribution in [2.24, 2.45) is 5.92 Å². The van der Waals surface area contributed by atoms with Crippen molar-refractivity contribution in [3.05, 3.63) is 34.9 Å². The molecule has 1 aromatic rings. The highest BCUT2D eigenvalue weighted by atomic mass is 35.5. The van der Waals surface area contributed by atoms with E-state index in [-0.39, 0.29) is 5.38 Å². The van der Waals surface area contributed by atoms with Gasteiger partial charge in [-0.05, 0) is 54.7 Å². The van der Waals surface area contributed by atoms with Gasteiger partial charge in [0.1, 0.15) is 0 Å². The molecule has 0 aromatic heterocycles. The molecule has 3 rings (SSSR count). The third-order valence-corrected chi connectivity index (χ3v) is 4.40. The summed E-state index contributed by atoms with van der Waals surface area (Å²) in [5.41, 5.74) is 4.48. The predicted molar refractivity (Wildman–Crippen MR) is 69.0 cm³/mol. The summed E-state index contributed by atoms with van der Waals surface area (Å²) in [4.78, 5) is 0. The Hall–Kier alpha value is -0.490. The van der Waals surface area contributed by atoms with Gasteiger partial charge in [-0.2, -0.15) is 0 Å². The fourth-order valence-corrected chi connectivity index (χ4v) is 3.12. The van der Waals surface area contributed by atoms with Crippen LogP contribution >= 0.6 is 11.6 Å². The molecular weight excluding hydrogens is 216 g/mol. The second-order valence-electron chi connectivity index (χ2n) is 5.38. The van der Waals surface area contributed by atoms with Crippen molar-refractivity contribution >= 4 is 11.6 Å². The molecule has 0 amide bonds. The molecule has 16 heavy (non-hydrogen) atoms. The predicted octanol–water partition coefficient (Wildman–Crippen LogP) is 4.65. The fourth-order valence-electron chi connectivity index (χ4n) is 2.73. The Kier molecular flexibility index (Phi) is 2.93. The van der Waals surface area contributed by atoms with Gasteiger partial charge in [0.15, 0.2) is 0 Å². The first-order valence-corrected chi connectivity index (χ1v) is 7.02. The fraction of sp³-hybridized carbons (Fsp3) is 0.600. The van der Waals surface area contributed by atoms with Crippen LogP contribution in [0.15, 0.2) is 18.2 Å². The SMILES string of the molecule is ClC(CC1CC1)c1ccc2c(c1)CCCC2. The zero-order valence-electron chi connectivity index (χ0n) is 9.71. The van der Waals surface area contributed by atoms with Gasteiger partial charge in [0.25, 0.3) is 0 Å². The van der Waals surface area contributed by atoms with Crippen LogP contribution in [0.3, 0.4) is 0 Å². The molecule has 1 atom stereocenters. The summed E-state index contributed by atoms with van der Waals surface area (Å²) in [7, 11) is 0. The number of rotatable bonds is 3. The molecule has 1 saturated carbocycles. The van der Waals surface area contributed by atoms with Crippen molar-refractivity contribution in [3.8, 4) is 0 Å². The molecule has 1 heteroatoms. The van der Waals surface area contributed by atoms with Crippen LogP contribution in [0.2, 0.25) is 0 Å². The zero-order chi connectivity index (χ0) is 11.0. The van der Waals surface area contributed by atoms with E-state index in [4.69, 9.17) is 11.6 Å². The van der Waals surface area contributed by atoms with Gasteiger partial charge in [-0.25, -0.2) is 0 Å². The highest BCUT2D eigenvalue weighted by Gasteiger charge is 2.25. The summed E-state index contributed by atoms with van der Waals surface area (Å²) in [5, 5.41) is 0.250. The van der Waals surface area contributed by atoms with Gasteiger partial charge in [0.05, 0.1) is 5.38 Å². The van der Waals surface area contributed by atoms with E-state index in [0.29, 0.717) is 0 Å². The maximum Gasteiger partial charge on any atom is 0.0588 e. The lowest BCUT2D eigenvalue weighted by molar-refractivity contribution is 0.676. The van der Waals surface area contributed by atoms with Crippen molar-refractivity contribution < 1.29 is 0 Å². The molecule has 0 aliphatic heterocycles. The monoisotopic (exact) mass is 234 g/mol. The number of fused-ring (bicyclic) bond motifs is 1. The van der Waals surface area contributed by atoms with Gasteiger partial charge in [-0.1, -0.05) is 31.0 Å². The highest BCUT2D eigenvalue weighted by Crippen LogP contribution is 2.40. The summed E-state index contributed by atoms with van der Waals surface area (Å²) < 4.78 is 0. The minimum Gasteiger partial charge on any atom is -0.118 e. The van der Waals surface area contributed by atoms with E-state index in [0.717, 1.165) is 5.92 Å². The normalized spacial score (nSPS) is 21.6. The number of halogens is 1. The number of benzene rings is 1. The molecule has 0 N–H and O–H groups in total. The first-order chi connectivity index (χ1) is 7.83. The lowest BCUT2D eigenvalue weighted by Crippen LogP contribution is -2.04. The molecule has 1 unspecified atom stereocenters. The van der Waals surface area contributed by atoms with E-state index in [1.807, 2.05) is 0 Å². The number of alkyl halides is 1. The van der Waals surface area contributed by atoms with Crippen molar-refractivity contribution in [2.45, 2.75) is 50.3 Å². The molecule has 0 radical (unpaired) electrons. The van der Waals surface area contributed by atoms with Crippen LogP contribution in [0.1, 0.15) is 54.2 Å². The quantitative estimate of drug-likeness (QED) is 0.668. The van der Waals surface area contributed by atoms with Gasteiger partial charge in [-0.3, -0.25) is 0 Å². The molecule has 0 heterocycles. The van der Waals surface area contributed by atoms with Crippen LogP contribution in [0.25, 0.3) is 0 Å². The van der Waals surface area contributed by atoms with Gasteiger partial charge in [-0.15, -0.1) is 11.6 Å². The van der Waals surface area contributed by atoms with Crippen LogP contribution in [-0.2, 0) is 12.8 Å². The summed E-state index contributed by atoms with van der Waals surface area (Å²) in [5.74, 6) is 0.915. The average Bonchev–Trinajstić information content (AvgIpc) is 3.12. The Morgan fingerprint density at radius 1 is 1.12 bits per heavy atom. The van der Waals surface area contributed by atoms with Crippen LogP contribution < -0.4 is 0 Å². The van der Waals surface area contributed by atoms with Gasteiger partial charge < -0.3 is 0 Å². The van der Waals surface area contributed by atoms with E-state index in [2.05, 4.69) is 18.2 Å². The van der Waals surface area contributed by atoms with Gasteiger partial charge in [0.2, 0.25) is 0 Å². The smallest absolute Gasteiger partial charge is 0.0588 e. The van der Waals surface area contributed by atoms with E-state index >= 15 is 0 Å². The molecule has 86 valence electrons. The molecule has 0 nitrogen and oxygen atoms in total. The van der Waals surface area contributed by atoms with Crippen LogP contribution in [0.4, 0.5) is 0 Å². The Bertz CT molecular complexity index is 379. The molecule has 0 bridgehead atoms. The molecule has 0 saturated heterocycles. The number of hydrogen-bond donors (Lipinski definition) is 0. The first-order valence-electron chi connectivity index (χ1n) is 6.59. The Morgan fingerprint density at radius 2 is 1.88 bits per heavy atom. The van der Waals surface area contributed by atoms with Gasteiger partial charge in [0, 0.05) is 0 Å². The standard InChI is InChI=1S/C15H19Cl/c16-15(9-11-5-6-11)14-8-7-12-3-1-2-4-13(12)10-14/h7-8,10-11,15H,1-6,9H2. The van der Waals surface area contributed by atoms with Crippen LogP contribution in [-0.4, -0.2) is 0 Å². The highest BCUT2D eigenvalue weighted by molar-refractivity contribution is 6.20. The van der Waals surface area contributed by atoms with E-state index in [1.54, 1.807) is 11.1 Å². The molecule has 0 spiro atoms. The topological polar surface area (TPSA) is 0 Å². The summed E-state index contributed by atoms with van der Waals surface area (Å²) in [6.45, 7) is 0. The van der Waals surface area contributed by atoms with E-state index < -0.39 is 0 Å². The molecule has 2 aliphatic rings. The van der Waals surface area contributed by atoms with E-state index in [1.165, 1.54) is 50.5 Å². The minimum atomic E-state index is 0.250. The second kappa shape index (κ2) is 4.41. The van der Waals surface area contributed by atoms with Crippen molar-refractivity contribution in [2.75, 3.05) is 0 Å². The number of hydrogen-bond acceptors (Lipinski definition) is 0. The zero-order valence-corrected chi connectivity index (χ0v) is 10.5. The number of aryl methyl sites for hydroxylation is 2. The Morgan fingerprint density at radius 3 is 2.62 bits per heavy atom. The third-order valence-electron chi connectivity index (χ3n) is 3.97. The maximum atomic E-state index is 6.48. The van der Waals surface area contributed by atoms with Gasteiger partial charge >= 0.3 is 0 Å². The summed E-state index contributed by atoms with van der Waals surface area (Å²) in [6.07, 6.45) is 9.22. The van der Waals surface area contributed by atoms with Crippen molar-refractivity contribution in [1.29, 1.82) is 0 Å². The van der Waals surface area contributed by atoms with Crippen LogP contribution in [0.5, 0.6) is 0 Å². The van der Waals surface area contributed by atoms with Crippen molar-refractivity contribution in [1.82, 2.24) is 0 Å². The summed E-state index contributed by atoms with van der Waals surface area (Å²) >= 11 is 6.48. The Balaban J connectivity index is 1.78. The Labute approximate surface area is 103 Å². The summed E-state index contributed by atoms with van der Waals surface area (Å²) in [6, 6.07) is 6.94. The third kappa shape index (κ3) is 2.27. The lowest BCUT2D eigenvalue weighted by Gasteiger charge is -2.18. The molecule has 1 aromatic carbocycles. The second-order valence-corrected chi connectivity index (χ2v) is 5.91. The van der Waals surface area contributed by atoms with Crippen LogP contribution in [0, 0.1) is 5.92 Å². The molecular formula is C15H19Cl. The lowest BCUT2D eigenvalue weighted by atomic mass is 9.89. The molecule has 1 fully saturated rings. The maximum absolute atomic E-state index is 6.48. The largest absolute Gasteiger partial charge is 0.118 e. The first kappa shape index (κ1) is 10.7. The minimum absolute atomic E-state index is 0.250. The molecule has 2 aliphatic carbocycles. The van der Waals surface area contributed by atoms with E-state index in [9.17, 15) is 0 Å². The van der Waals surface area contributed by atoms with Crippen molar-refractivity contribution in [3.63, 3.8) is 0 Å². The average molecular weight is 235 g/mol.